The van der Waals surface area contributed by atoms with Crippen molar-refractivity contribution in [1.82, 2.24) is 0 Å². The zero-order valence-corrected chi connectivity index (χ0v) is 16.8. The first kappa shape index (κ1) is 16.7. The van der Waals surface area contributed by atoms with Gasteiger partial charge in [0.15, 0.2) is 0 Å². The first-order valence-corrected chi connectivity index (χ1v) is 10.6. The third-order valence-electron chi connectivity index (χ3n) is 6.52. The molecule has 144 valence electrons. The van der Waals surface area contributed by atoms with Crippen LogP contribution in [0.3, 0.4) is 0 Å². The molecular formula is C30H18O. The lowest BCUT2D eigenvalue weighted by atomic mass is 9.87. The summed E-state index contributed by atoms with van der Waals surface area (Å²) >= 11 is 0. The molecule has 1 heteroatoms. The van der Waals surface area contributed by atoms with Gasteiger partial charge in [0.25, 0.3) is 0 Å². The summed E-state index contributed by atoms with van der Waals surface area (Å²) in [4.78, 5) is 0. The van der Waals surface area contributed by atoms with Gasteiger partial charge < -0.3 is 4.42 Å². The van der Waals surface area contributed by atoms with E-state index in [0.29, 0.717) is 0 Å². The second-order valence-electron chi connectivity index (χ2n) is 8.19. The standard InChI is InChI=1S/C30H18O/c1-2-4-19(5-3-1)24-12-8-21-11-15-27-25(23-7-6-20-16-17-31-28(20)18-23)13-9-22-10-14-26(24)29(21)30(22)27/h1-18H. The highest BCUT2D eigenvalue weighted by Crippen LogP contribution is 2.42. The number of furan rings is 1. The smallest absolute Gasteiger partial charge is 0.134 e. The molecule has 7 rings (SSSR count). The summed E-state index contributed by atoms with van der Waals surface area (Å²) in [6, 6.07) is 37.2. The van der Waals surface area contributed by atoms with Crippen molar-refractivity contribution >= 4 is 43.3 Å². The average Bonchev–Trinajstić information content (AvgIpc) is 3.31. The van der Waals surface area contributed by atoms with Crippen LogP contribution in [0.4, 0.5) is 0 Å². The number of rotatable bonds is 2. The van der Waals surface area contributed by atoms with Crippen molar-refractivity contribution in [2.45, 2.75) is 0 Å². The van der Waals surface area contributed by atoms with E-state index in [0.717, 1.165) is 11.0 Å². The molecule has 0 spiro atoms. The van der Waals surface area contributed by atoms with Gasteiger partial charge in [-0.3, -0.25) is 0 Å². The third-order valence-corrected chi connectivity index (χ3v) is 6.52. The van der Waals surface area contributed by atoms with Crippen molar-refractivity contribution in [3.8, 4) is 22.3 Å². The molecule has 1 heterocycles. The van der Waals surface area contributed by atoms with Crippen molar-refractivity contribution in [1.29, 1.82) is 0 Å². The predicted molar refractivity (Wildman–Crippen MR) is 131 cm³/mol. The van der Waals surface area contributed by atoms with Crippen LogP contribution in [-0.2, 0) is 0 Å². The van der Waals surface area contributed by atoms with Gasteiger partial charge in [-0.25, -0.2) is 0 Å². The molecule has 0 bridgehead atoms. The molecule has 0 N–H and O–H groups in total. The number of hydrogen-bond donors (Lipinski definition) is 0. The van der Waals surface area contributed by atoms with Gasteiger partial charge in [-0.15, -0.1) is 0 Å². The fourth-order valence-electron chi connectivity index (χ4n) is 5.04. The van der Waals surface area contributed by atoms with E-state index in [1.807, 2.05) is 6.07 Å². The highest BCUT2D eigenvalue weighted by molar-refractivity contribution is 6.27. The lowest BCUT2D eigenvalue weighted by Gasteiger charge is -2.16. The monoisotopic (exact) mass is 394 g/mol. The molecule has 7 aromatic rings. The van der Waals surface area contributed by atoms with E-state index in [4.69, 9.17) is 4.42 Å². The van der Waals surface area contributed by atoms with Gasteiger partial charge in [-0.1, -0.05) is 91.0 Å². The van der Waals surface area contributed by atoms with Crippen molar-refractivity contribution in [2.24, 2.45) is 0 Å². The molecule has 1 nitrogen and oxygen atoms in total. The Labute approximate surface area is 179 Å². The highest BCUT2D eigenvalue weighted by Gasteiger charge is 2.15. The molecule has 0 saturated heterocycles. The van der Waals surface area contributed by atoms with Crippen LogP contribution in [0.1, 0.15) is 0 Å². The number of benzene rings is 6. The van der Waals surface area contributed by atoms with E-state index in [1.165, 1.54) is 54.6 Å². The molecule has 1 aromatic heterocycles. The Morgan fingerprint density at radius 3 is 1.77 bits per heavy atom. The highest BCUT2D eigenvalue weighted by atomic mass is 16.3. The van der Waals surface area contributed by atoms with Crippen LogP contribution in [-0.4, -0.2) is 0 Å². The van der Waals surface area contributed by atoms with Gasteiger partial charge in [0.1, 0.15) is 5.58 Å². The average molecular weight is 394 g/mol. The summed E-state index contributed by atoms with van der Waals surface area (Å²) in [5, 5.41) is 8.97. The van der Waals surface area contributed by atoms with Crippen LogP contribution in [0.25, 0.3) is 65.5 Å². The Morgan fingerprint density at radius 1 is 0.452 bits per heavy atom. The van der Waals surface area contributed by atoms with E-state index >= 15 is 0 Å². The van der Waals surface area contributed by atoms with Crippen LogP contribution in [0.2, 0.25) is 0 Å². The van der Waals surface area contributed by atoms with Crippen LogP contribution in [0.15, 0.2) is 114 Å². The van der Waals surface area contributed by atoms with Crippen LogP contribution in [0.5, 0.6) is 0 Å². The molecular weight excluding hydrogens is 376 g/mol. The van der Waals surface area contributed by atoms with E-state index in [-0.39, 0.29) is 0 Å². The molecule has 0 radical (unpaired) electrons. The predicted octanol–water partition coefficient (Wildman–Crippen LogP) is 8.66. The summed E-state index contributed by atoms with van der Waals surface area (Å²) in [6.07, 6.45) is 1.75. The van der Waals surface area contributed by atoms with E-state index < -0.39 is 0 Å². The van der Waals surface area contributed by atoms with Gasteiger partial charge in [0.2, 0.25) is 0 Å². The first-order valence-electron chi connectivity index (χ1n) is 10.6. The molecule has 6 aromatic carbocycles. The summed E-state index contributed by atoms with van der Waals surface area (Å²) in [5.41, 5.74) is 5.89. The van der Waals surface area contributed by atoms with Crippen LogP contribution >= 0.6 is 0 Å². The van der Waals surface area contributed by atoms with E-state index in [1.54, 1.807) is 6.26 Å². The minimum atomic E-state index is 0.926. The molecule has 0 aliphatic carbocycles. The minimum absolute atomic E-state index is 0.926. The molecule has 31 heavy (non-hydrogen) atoms. The van der Waals surface area contributed by atoms with Gasteiger partial charge in [0, 0.05) is 5.39 Å². The first-order chi connectivity index (χ1) is 15.4. The maximum atomic E-state index is 5.67. The zero-order valence-electron chi connectivity index (χ0n) is 16.8. The number of hydrogen-bond acceptors (Lipinski definition) is 1. The SMILES string of the molecule is c1ccc(-c2ccc3ccc4c(-c5ccc6ccoc6c5)ccc5ccc2c3c54)cc1. The quantitative estimate of drug-likeness (QED) is 0.267. The van der Waals surface area contributed by atoms with Gasteiger partial charge in [0.05, 0.1) is 6.26 Å². The summed E-state index contributed by atoms with van der Waals surface area (Å²) in [7, 11) is 0. The normalized spacial score (nSPS) is 11.9. The van der Waals surface area contributed by atoms with Crippen LogP contribution in [0, 0.1) is 0 Å². The Kier molecular flexibility index (Phi) is 3.33. The number of fused-ring (bicyclic) bond motifs is 1. The second kappa shape index (κ2) is 6.20. The Morgan fingerprint density at radius 2 is 1.06 bits per heavy atom. The van der Waals surface area contributed by atoms with Gasteiger partial charge >= 0.3 is 0 Å². The second-order valence-corrected chi connectivity index (χ2v) is 8.19. The topological polar surface area (TPSA) is 13.1 Å². The molecule has 0 saturated carbocycles. The van der Waals surface area contributed by atoms with E-state index in [2.05, 4.69) is 97.1 Å². The van der Waals surface area contributed by atoms with Gasteiger partial charge in [-0.05, 0) is 66.7 Å². The Bertz CT molecular complexity index is 1720. The summed E-state index contributed by atoms with van der Waals surface area (Å²) in [6.45, 7) is 0. The molecule has 0 aliphatic heterocycles. The van der Waals surface area contributed by atoms with Crippen molar-refractivity contribution < 1.29 is 4.42 Å². The van der Waals surface area contributed by atoms with Crippen LogP contribution < -0.4 is 0 Å². The lowest BCUT2D eigenvalue weighted by Crippen LogP contribution is -1.89. The third kappa shape index (κ3) is 2.38. The molecule has 0 unspecified atom stereocenters. The molecule has 0 fully saturated rings. The van der Waals surface area contributed by atoms with Crippen molar-refractivity contribution in [3.63, 3.8) is 0 Å². The maximum Gasteiger partial charge on any atom is 0.134 e. The molecule has 0 atom stereocenters. The summed E-state index contributed by atoms with van der Waals surface area (Å²) < 4.78 is 5.67. The Balaban J connectivity index is 1.58. The van der Waals surface area contributed by atoms with Gasteiger partial charge in [-0.2, -0.15) is 0 Å². The maximum absolute atomic E-state index is 5.67. The fraction of sp³-hybridized carbons (Fsp3) is 0. The van der Waals surface area contributed by atoms with E-state index in [9.17, 15) is 0 Å². The molecule has 0 amide bonds. The van der Waals surface area contributed by atoms with Crippen molar-refractivity contribution in [2.75, 3.05) is 0 Å². The fourth-order valence-corrected chi connectivity index (χ4v) is 5.04. The molecule has 0 aliphatic rings. The zero-order chi connectivity index (χ0) is 20.4. The minimum Gasteiger partial charge on any atom is -0.464 e. The lowest BCUT2D eigenvalue weighted by molar-refractivity contribution is 0.616. The van der Waals surface area contributed by atoms with Crippen molar-refractivity contribution in [3.05, 3.63) is 109 Å². The summed E-state index contributed by atoms with van der Waals surface area (Å²) in [5.74, 6) is 0. The Hall–Kier alpha value is -4.10. The largest absolute Gasteiger partial charge is 0.464 e.